The lowest BCUT2D eigenvalue weighted by atomic mass is 9.93. The first-order valence-electron chi connectivity index (χ1n) is 7.72. The number of benzene rings is 1. The van der Waals surface area contributed by atoms with Crippen molar-refractivity contribution in [1.82, 2.24) is 10.6 Å². The average Bonchev–Trinajstić information content (AvgIpc) is 2.47. The van der Waals surface area contributed by atoms with Crippen LogP contribution >= 0.6 is 0 Å². The molecule has 0 bridgehead atoms. The predicted octanol–water partition coefficient (Wildman–Crippen LogP) is 2.95. The smallest absolute Gasteiger partial charge is 0.220 e. The number of hydrogen-bond acceptors (Lipinski definition) is 2. The molecule has 2 rings (SSSR count). The van der Waals surface area contributed by atoms with Gasteiger partial charge in [-0.05, 0) is 57.7 Å². The van der Waals surface area contributed by atoms with Crippen LogP contribution < -0.4 is 10.6 Å². The molecular weight excluding hydrogens is 248 g/mol. The van der Waals surface area contributed by atoms with Crippen molar-refractivity contribution in [2.24, 2.45) is 5.92 Å². The molecule has 0 radical (unpaired) electrons. The van der Waals surface area contributed by atoms with Crippen molar-refractivity contribution in [3.63, 3.8) is 0 Å². The van der Waals surface area contributed by atoms with Crippen LogP contribution in [0, 0.1) is 12.8 Å². The van der Waals surface area contributed by atoms with Gasteiger partial charge >= 0.3 is 0 Å². The Balaban J connectivity index is 1.74. The number of hydrogen-bond donors (Lipinski definition) is 2. The third-order valence-electron chi connectivity index (χ3n) is 4.19. The largest absolute Gasteiger partial charge is 0.350 e. The van der Waals surface area contributed by atoms with E-state index < -0.39 is 0 Å². The molecule has 1 aliphatic heterocycles. The molecule has 1 aliphatic rings. The van der Waals surface area contributed by atoms with Crippen molar-refractivity contribution in [2.45, 2.75) is 45.6 Å². The maximum absolute atomic E-state index is 12.0. The first-order chi connectivity index (χ1) is 9.65. The number of carbonyl (C=O) groups excluding carboxylic acids is 1. The van der Waals surface area contributed by atoms with Crippen molar-refractivity contribution in [1.29, 1.82) is 0 Å². The van der Waals surface area contributed by atoms with Gasteiger partial charge in [0.1, 0.15) is 0 Å². The summed E-state index contributed by atoms with van der Waals surface area (Å²) in [5, 5.41) is 6.46. The summed E-state index contributed by atoms with van der Waals surface area (Å²) in [6, 6.07) is 8.45. The van der Waals surface area contributed by atoms with Crippen LogP contribution in [-0.4, -0.2) is 19.0 Å². The zero-order valence-electron chi connectivity index (χ0n) is 12.6. The van der Waals surface area contributed by atoms with Crippen molar-refractivity contribution < 1.29 is 4.79 Å². The molecule has 0 saturated carbocycles. The Labute approximate surface area is 122 Å². The third-order valence-corrected chi connectivity index (χ3v) is 4.19. The molecule has 0 spiro atoms. The molecule has 2 N–H and O–H groups in total. The fraction of sp³-hybridized carbons (Fsp3) is 0.588. The molecule has 0 unspecified atom stereocenters. The molecule has 1 amide bonds. The van der Waals surface area contributed by atoms with Crippen LogP contribution in [0.1, 0.15) is 49.8 Å². The quantitative estimate of drug-likeness (QED) is 0.866. The van der Waals surface area contributed by atoms with Gasteiger partial charge in [-0.2, -0.15) is 0 Å². The minimum atomic E-state index is 0.0936. The lowest BCUT2D eigenvalue weighted by Crippen LogP contribution is -2.30. The van der Waals surface area contributed by atoms with Crippen LogP contribution in [0.15, 0.2) is 24.3 Å². The van der Waals surface area contributed by atoms with E-state index in [-0.39, 0.29) is 11.9 Å². The van der Waals surface area contributed by atoms with E-state index in [2.05, 4.69) is 41.8 Å². The Morgan fingerprint density at radius 1 is 1.30 bits per heavy atom. The highest BCUT2D eigenvalue weighted by Crippen LogP contribution is 2.18. The van der Waals surface area contributed by atoms with Crippen molar-refractivity contribution in [3.05, 3.63) is 35.4 Å². The SMILES string of the molecule is Cc1ccc([C@@H](C)NC(=O)CCC2CCNCC2)cc1. The Hall–Kier alpha value is -1.35. The van der Waals surface area contributed by atoms with Gasteiger partial charge in [0, 0.05) is 6.42 Å². The van der Waals surface area contributed by atoms with E-state index in [1.165, 1.54) is 24.0 Å². The van der Waals surface area contributed by atoms with Gasteiger partial charge < -0.3 is 10.6 Å². The number of rotatable bonds is 5. The topological polar surface area (TPSA) is 41.1 Å². The van der Waals surface area contributed by atoms with E-state index in [1.807, 2.05) is 6.92 Å². The standard InChI is InChI=1S/C17H26N2O/c1-13-3-6-16(7-4-13)14(2)19-17(20)8-5-15-9-11-18-12-10-15/h3-4,6-7,14-15,18H,5,8-12H2,1-2H3,(H,19,20)/t14-/m1/s1. The first kappa shape index (κ1) is 15.0. The molecule has 1 heterocycles. The Morgan fingerprint density at radius 3 is 2.60 bits per heavy atom. The molecule has 1 saturated heterocycles. The summed E-state index contributed by atoms with van der Waals surface area (Å²) >= 11 is 0. The van der Waals surface area contributed by atoms with Crippen LogP contribution in [0.4, 0.5) is 0 Å². The maximum Gasteiger partial charge on any atom is 0.220 e. The summed E-state index contributed by atoms with van der Waals surface area (Å²) in [5.41, 5.74) is 2.42. The molecule has 0 aromatic heterocycles. The molecule has 0 aliphatic carbocycles. The fourth-order valence-corrected chi connectivity index (χ4v) is 2.76. The zero-order chi connectivity index (χ0) is 14.4. The maximum atomic E-state index is 12.0. The van der Waals surface area contributed by atoms with Crippen LogP contribution in [0.2, 0.25) is 0 Å². The first-order valence-corrected chi connectivity index (χ1v) is 7.72. The highest BCUT2D eigenvalue weighted by molar-refractivity contribution is 5.76. The normalized spacial score (nSPS) is 17.7. The van der Waals surface area contributed by atoms with Crippen LogP contribution in [-0.2, 0) is 4.79 Å². The van der Waals surface area contributed by atoms with Gasteiger partial charge in [-0.15, -0.1) is 0 Å². The number of nitrogens with one attached hydrogen (secondary N) is 2. The average molecular weight is 274 g/mol. The van der Waals surface area contributed by atoms with E-state index in [4.69, 9.17) is 0 Å². The number of piperidine rings is 1. The Bertz CT molecular complexity index is 421. The highest BCUT2D eigenvalue weighted by atomic mass is 16.1. The number of carbonyl (C=O) groups is 1. The van der Waals surface area contributed by atoms with Crippen LogP contribution in [0.25, 0.3) is 0 Å². The molecule has 110 valence electrons. The number of aryl methyl sites for hydroxylation is 1. The summed E-state index contributed by atoms with van der Waals surface area (Å²) < 4.78 is 0. The molecule has 1 fully saturated rings. The van der Waals surface area contributed by atoms with Gasteiger partial charge in [-0.3, -0.25) is 4.79 Å². The second-order valence-corrected chi connectivity index (χ2v) is 5.93. The van der Waals surface area contributed by atoms with Crippen LogP contribution in [0.5, 0.6) is 0 Å². The molecule has 1 aromatic rings. The highest BCUT2D eigenvalue weighted by Gasteiger charge is 2.15. The van der Waals surface area contributed by atoms with E-state index in [0.29, 0.717) is 6.42 Å². The molecule has 3 heteroatoms. The number of amides is 1. The second kappa shape index (κ2) is 7.44. The van der Waals surface area contributed by atoms with E-state index >= 15 is 0 Å². The van der Waals surface area contributed by atoms with Crippen molar-refractivity contribution in [2.75, 3.05) is 13.1 Å². The van der Waals surface area contributed by atoms with Gasteiger partial charge in [0.05, 0.1) is 6.04 Å². The monoisotopic (exact) mass is 274 g/mol. The fourth-order valence-electron chi connectivity index (χ4n) is 2.76. The lowest BCUT2D eigenvalue weighted by Gasteiger charge is -2.22. The van der Waals surface area contributed by atoms with Crippen molar-refractivity contribution >= 4 is 5.91 Å². The van der Waals surface area contributed by atoms with Gasteiger partial charge in [0.2, 0.25) is 5.91 Å². The van der Waals surface area contributed by atoms with E-state index in [0.717, 1.165) is 25.4 Å². The molecular formula is C17H26N2O. The zero-order valence-corrected chi connectivity index (χ0v) is 12.6. The molecule has 3 nitrogen and oxygen atoms in total. The second-order valence-electron chi connectivity index (χ2n) is 5.93. The Kier molecular flexibility index (Phi) is 5.60. The third kappa shape index (κ3) is 4.64. The predicted molar refractivity (Wildman–Crippen MR) is 82.6 cm³/mol. The molecule has 20 heavy (non-hydrogen) atoms. The molecule has 1 aromatic carbocycles. The van der Waals surface area contributed by atoms with Crippen LogP contribution in [0.3, 0.4) is 0 Å². The van der Waals surface area contributed by atoms with Gasteiger partial charge in [0.25, 0.3) is 0 Å². The van der Waals surface area contributed by atoms with Crippen molar-refractivity contribution in [3.8, 4) is 0 Å². The Morgan fingerprint density at radius 2 is 1.95 bits per heavy atom. The summed E-state index contributed by atoms with van der Waals surface area (Å²) in [5.74, 6) is 0.897. The summed E-state index contributed by atoms with van der Waals surface area (Å²) in [6.07, 6.45) is 4.09. The van der Waals surface area contributed by atoms with Gasteiger partial charge in [-0.25, -0.2) is 0 Å². The van der Waals surface area contributed by atoms with E-state index in [9.17, 15) is 4.79 Å². The van der Waals surface area contributed by atoms with Gasteiger partial charge in [0.15, 0.2) is 0 Å². The minimum Gasteiger partial charge on any atom is -0.350 e. The summed E-state index contributed by atoms with van der Waals surface area (Å²) in [6.45, 7) is 6.33. The molecule has 1 atom stereocenters. The lowest BCUT2D eigenvalue weighted by molar-refractivity contribution is -0.122. The van der Waals surface area contributed by atoms with E-state index in [1.54, 1.807) is 0 Å². The summed E-state index contributed by atoms with van der Waals surface area (Å²) in [4.78, 5) is 12.0. The van der Waals surface area contributed by atoms with Gasteiger partial charge in [-0.1, -0.05) is 29.8 Å². The summed E-state index contributed by atoms with van der Waals surface area (Å²) in [7, 11) is 0. The minimum absolute atomic E-state index is 0.0936.